The highest BCUT2D eigenvalue weighted by atomic mass is 16.5. The van der Waals surface area contributed by atoms with Crippen LogP contribution in [-0.4, -0.2) is 38.1 Å². The smallest absolute Gasteiger partial charge is 0.186 e. The fourth-order valence-electron chi connectivity index (χ4n) is 3.61. The summed E-state index contributed by atoms with van der Waals surface area (Å²) >= 11 is 0. The molecule has 0 bridgehead atoms. The van der Waals surface area contributed by atoms with E-state index in [9.17, 15) is 4.79 Å². The van der Waals surface area contributed by atoms with Gasteiger partial charge in [-0.25, -0.2) is 4.68 Å². The molecule has 0 saturated carbocycles. The lowest BCUT2D eigenvalue weighted by atomic mass is 10.1. The van der Waals surface area contributed by atoms with Crippen LogP contribution < -0.4 is 0 Å². The summed E-state index contributed by atoms with van der Waals surface area (Å²) in [6.45, 7) is 5.91. The molecule has 130 valence electrons. The Bertz CT molecular complexity index is 919. The van der Waals surface area contributed by atoms with Crippen molar-refractivity contribution in [1.82, 2.24) is 19.6 Å². The van der Waals surface area contributed by atoms with Crippen molar-refractivity contribution in [3.63, 3.8) is 0 Å². The molecule has 1 saturated heterocycles. The van der Waals surface area contributed by atoms with Crippen LogP contribution in [0.3, 0.4) is 0 Å². The third kappa shape index (κ3) is 2.98. The minimum atomic E-state index is 0.0577. The zero-order valence-corrected chi connectivity index (χ0v) is 14.6. The molecule has 4 rings (SSSR count). The molecular weight excluding hydrogens is 316 g/mol. The second-order valence-electron chi connectivity index (χ2n) is 6.69. The molecule has 0 N–H and O–H groups in total. The van der Waals surface area contributed by atoms with Gasteiger partial charge in [-0.3, -0.25) is 4.79 Å². The number of aromatic nitrogens is 4. The second-order valence-corrected chi connectivity index (χ2v) is 6.69. The van der Waals surface area contributed by atoms with E-state index < -0.39 is 0 Å². The molecular formula is C19H22N4O2. The Hall–Kier alpha value is -2.47. The van der Waals surface area contributed by atoms with Crippen LogP contribution in [0.5, 0.6) is 0 Å². The van der Waals surface area contributed by atoms with Crippen LogP contribution in [0.2, 0.25) is 0 Å². The summed E-state index contributed by atoms with van der Waals surface area (Å²) < 4.78 is 9.61. The first-order valence-electron chi connectivity index (χ1n) is 8.73. The molecule has 6 heteroatoms. The van der Waals surface area contributed by atoms with Crippen LogP contribution in [0, 0.1) is 13.8 Å². The second kappa shape index (κ2) is 6.44. The number of nitrogens with zero attached hydrogens (tertiary/aromatic N) is 4. The molecule has 3 aromatic rings. The van der Waals surface area contributed by atoms with Crippen molar-refractivity contribution in [2.24, 2.45) is 0 Å². The van der Waals surface area contributed by atoms with Crippen LogP contribution in [0.15, 0.2) is 30.3 Å². The van der Waals surface area contributed by atoms with E-state index in [1.165, 1.54) is 0 Å². The number of rotatable bonds is 5. The Morgan fingerprint density at radius 2 is 2.16 bits per heavy atom. The number of Topliss-reactive ketones (excluding diaryl/α,β-unsaturated/α-hetero) is 1. The van der Waals surface area contributed by atoms with Crippen molar-refractivity contribution < 1.29 is 9.53 Å². The number of hydrogen-bond acceptors (Lipinski definition) is 4. The number of ether oxygens (including phenoxy) is 1. The van der Waals surface area contributed by atoms with Crippen molar-refractivity contribution in [1.29, 1.82) is 0 Å². The first kappa shape index (κ1) is 16.0. The predicted molar refractivity (Wildman–Crippen MR) is 94.7 cm³/mol. The lowest BCUT2D eigenvalue weighted by Crippen LogP contribution is -2.18. The Balaban J connectivity index is 1.57. The van der Waals surface area contributed by atoms with Gasteiger partial charge in [0.25, 0.3) is 0 Å². The first-order valence-corrected chi connectivity index (χ1v) is 8.73. The fraction of sp³-hybridized carbons (Fsp3) is 0.421. The number of para-hydroxylation sites is 1. The minimum Gasteiger partial charge on any atom is -0.376 e. The van der Waals surface area contributed by atoms with Gasteiger partial charge >= 0.3 is 0 Å². The van der Waals surface area contributed by atoms with E-state index in [-0.39, 0.29) is 18.4 Å². The molecule has 6 nitrogen and oxygen atoms in total. The third-order valence-corrected chi connectivity index (χ3v) is 5.00. The molecule has 1 aliphatic heterocycles. The van der Waals surface area contributed by atoms with Crippen molar-refractivity contribution >= 4 is 16.8 Å². The number of aryl methyl sites for hydroxylation is 1. The molecule has 1 unspecified atom stereocenters. The number of carbonyl (C=O) groups excluding carboxylic acids is 1. The maximum absolute atomic E-state index is 12.8. The molecule has 1 aromatic carbocycles. The number of carbonyl (C=O) groups is 1. The van der Waals surface area contributed by atoms with Gasteiger partial charge in [-0.1, -0.05) is 17.3 Å². The van der Waals surface area contributed by atoms with Gasteiger partial charge in [-0.05, 0) is 44.9 Å². The van der Waals surface area contributed by atoms with E-state index in [0.717, 1.165) is 54.0 Å². The molecule has 0 amide bonds. The van der Waals surface area contributed by atoms with E-state index in [2.05, 4.69) is 14.9 Å². The Morgan fingerprint density at radius 1 is 1.32 bits per heavy atom. The monoisotopic (exact) mass is 338 g/mol. The van der Waals surface area contributed by atoms with E-state index >= 15 is 0 Å². The average Bonchev–Trinajstić information content (AvgIpc) is 3.32. The molecule has 3 heterocycles. The van der Waals surface area contributed by atoms with Crippen molar-refractivity contribution in [3.8, 4) is 0 Å². The van der Waals surface area contributed by atoms with E-state index in [4.69, 9.17) is 4.74 Å². The number of hydrogen-bond donors (Lipinski definition) is 0. The molecule has 0 aliphatic carbocycles. The molecule has 1 aliphatic rings. The van der Waals surface area contributed by atoms with Crippen LogP contribution in [0.4, 0.5) is 0 Å². The zero-order chi connectivity index (χ0) is 17.4. The summed E-state index contributed by atoms with van der Waals surface area (Å²) in [5.74, 6) is 0.0577. The maximum Gasteiger partial charge on any atom is 0.186 e. The van der Waals surface area contributed by atoms with Crippen LogP contribution in [-0.2, 0) is 17.8 Å². The van der Waals surface area contributed by atoms with Gasteiger partial charge in [0.1, 0.15) is 12.1 Å². The number of ketones is 1. The van der Waals surface area contributed by atoms with Gasteiger partial charge < -0.3 is 9.30 Å². The maximum atomic E-state index is 12.8. The zero-order valence-electron chi connectivity index (χ0n) is 14.6. The number of benzene rings is 1. The summed E-state index contributed by atoms with van der Waals surface area (Å²) in [5.41, 5.74) is 4.54. The fourth-order valence-corrected chi connectivity index (χ4v) is 3.61. The summed E-state index contributed by atoms with van der Waals surface area (Å²) in [6, 6.07) is 9.66. The van der Waals surface area contributed by atoms with Crippen LogP contribution in [0.1, 0.15) is 34.6 Å². The highest BCUT2D eigenvalue weighted by molar-refractivity contribution is 5.97. The van der Waals surface area contributed by atoms with Crippen LogP contribution in [0.25, 0.3) is 11.0 Å². The Labute approximate surface area is 146 Å². The normalized spacial score (nSPS) is 17.4. The minimum absolute atomic E-state index is 0.0577. The SMILES string of the molecule is Cc1cc(C(=O)Cn2nnc3ccccc32)c(C)n1CC1CCCO1. The largest absolute Gasteiger partial charge is 0.376 e. The van der Waals surface area contributed by atoms with Gasteiger partial charge in [0, 0.05) is 30.1 Å². The Kier molecular flexibility index (Phi) is 4.13. The lowest BCUT2D eigenvalue weighted by molar-refractivity contribution is 0.0947. The lowest BCUT2D eigenvalue weighted by Gasteiger charge is -2.14. The quantitative estimate of drug-likeness (QED) is 0.671. The van der Waals surface area contributed by atoms with E-state index in [1.807, 2.05) is 44.2 Å². The van der Waals surface area contributed by atoms with E-state index in [0.29, 0.717) is 0 Å². The average molecular weight is 338 g/mol. The van der Waals surface area contributed by atoms with Crippen molar-refractivity contribution in [2.45, 2.75) is 45.9 Å². The standard InChI is InChI=1S/C19H22N4O2/c1-13-10-16(14(2)22(13)11-15-6-5-9-25-15)19(24)12-23-18-8-4-3-7-17(18)20-21-23/h3-4,7-8,10,15H,5-6,9,11-12H2,1-2H3. The summed E-state index contributed by atoms with van der Waals surface area (Å²) in [7, 11) is 0. The van der Waals surface area contributed by atoms with Crippen molar-refractivity contribution in [3.05, 3.63) is 47.3 Å². The highest BCUT2D eigenvalue weighted by Gasteiger charge is 2.21. The molecule has 1 atom stereocenters. The summed E-state index contributed by atoms with van der Waals surface area (Å²) in [4.78, 5) is 12.8. The number of fused-ring (bicyclic) bond motifs is 1. The molecule has 0 radical (unpaired) electrons. The van der Waals surface area contributed by atoms with Gasteiger partial charge in [0.15, 0.2) is 5.78 Å². The van der Waals surface area contributed by atoms with Gasteiger partial charge in [0.05, 0.1) is 11.6 Å². The molecule has 1 fully saturated rings. The van der Waals surface area contributed by atoms with E-state index in [1.54, 1.807) is 4.68 Å². The Morgan fingerprint density at radius 3 is 2.96 bits per heavy atom. The van der Waals surface area contributed by atoms with Gasteiger partial charge in [0.2, 0.25) is 0 Å². The highest BCUT2D eigenvalue weighted by Crippen LogP contribution is 2.21. The third-order valence-electron chi connectivity index (χ3n) is 5.00. The topological polar surface area (TPSA) is 61.9 Å². The predicted octanol–water partition coefficient (Wildman–Crippen LogP) is 2.91. The molecule has 25 heavy (non-hydrogen) atoms. The molecule has 2 aromatic heterocycles. The first-order chi connectivity index (χ1) is 12.1. The van der Waals surface area contributed by atoms with Crippen LogP contribution >= 0.6 is 0 Å². The van der Waals surface area contributed by atoms with Crippen molar-refractivity contribution in [2.75, 3.05) is 6.61 Å². The molecule has 0 spiro atoms. The summed E-state index contributed by atoms with van der Waals surface area (Å²) in [5, 5.41) is 8.24. The van der Waals surface area contributed by atoms with Gasteiger partial charge in [-0.15, -0.1) is 5.10 Å². The summed E-state index contributed by atoms with van der Waals surface area (Å²) in [6.07, 6.45) is 2.47. The van der Waals surface area contributed by atoms with Gasteiger partial charge in [-0.2, -0.15) is 0 Å².